The minimum Gasteiger partial charge on any atom is -0.497 e. The van der Waals surface area contributed by atoms with Gasteiger partial charge in [0.15, 0.2) is 0 Å². The molecule has 3 aromatic carbocycles. The first-order valence-electron chi connectivity index (χ1n) is 11.8. The van der Waals surface area contributed by atoms with Gasteiger partial charge in [-0.1, -0.05) is 24.3 Å². The van der Waals surface area contributed by atoms with Crippen LogP contribution in [-0.2, 0) is 22.4 Å². The lowest BCUT2D eigenvalue weighted by molar-refractivity contribution is -0.141. The summed E-state index contributed by atoms with van der Waals surface area (Å²) in [5.41, 5.74) is 6.28. The fraction of sp³-hybridized carbons (Fsp3) is 0.310. The van der Waals surface area contributed by atoms with Crippen molar-refractivity contribution < 1.29 is 23.7 Å². The van der Waals surface area contributed by atoms with Crippen LogP contribution in [0.25, 0.3) is 0 Å². The Morgan fingerprint density at radius 1 is 1.06 bits per heavy atom. The predicted molar refractivity (Wildman–Crippen MR) is 130 cm³/mol. The van der Waals surface area contributed by atoms with Crippen molar-refractivity contribution in [1.82, 2.24) is 0 Å². The van der Waals surface area contributed by atoms with Crippen LogP contribution in [0, 0.1) is 11.3 Å². The zero-order valence-electron chi connectivity index (χ0n) is 19.9. The number of ether oxygens (including phenoxy) is 4. The quantitative estimate of drug-likeness (QED) is 0.439. The van der Waals surface area contributed by atoms with Crippen molar-refractivity contribution in [3.05, 3.63) is 88.0 Å². The summed E-state index contributed by atoms with van der Waals surface area (Å²) in [6.07, 6.45) is 2.62. The Bertz CT molecular complexity index is 1290. The molecule has 0 radical (unpaired) electrons. The van der Waals surface area contributed by atoms with Crippen molar-refractivity contribution in [2.75, 3.05) is 20.8 Å². The van der Waals surface area contributed by atoms with Gasteiger partial charge >= 0.3 is 5.97 Å². The zero-order chi connectivity index (χ0) is 24.4. The molecule has 0 saturated carbocycles. The average molecular weight is 470 g/mol. The Kier molecular flexibility index (Phi) is 6.33. The summed E-state index contributed by atoms with van der Waals surface area (Å²) < 4.78 is 22.3. The lowest BCUT2D eigenvalue weighted by Gasteiger charge is -2.17. The van der Waals surface area contributed by atoms with Crippen molar-refractivity contribution in [2.45, 2.75) is 37.7 Å². The molecule has 6 nitrogen and oxygen atoms in total. The molecule has 35 heavy (non-hydrogen) atoms. The highest BCUT2D eigenvalue weighted by molar-refractivity contribution is 5.71. The molecule has 1 aliphatic carbocycles. The number of nitriles is 1. The topological polar surface area (TPSA) is 77.8 Å². The van der Waals surface area contributed by atoms with E-state index < -0.39 is 0 Å². The third-order valence-corrected chi connectivity index (χ3v) is 6.92. The monoisotopic (exact) mass is 469 g/mol. The van der Waals surface area contributed by atoms with Gasteiger partial charge in [0.05, 0.1) is 38.9 Å². The number of carbonyl (C=O) groups is 1. The lowest BCUT2D eigenvalue weighted by atomic mass is 9.92. The summed E-state index contributed by atoms with van der Waals surface area (Å²) >= 11 is 0. The highest BCUT2D eigenvalue weighted by Crippen LogP contribution is 2.42. The van der Waals surface area contributed by atoms with E-state index in [0.29, 0.717) is 25.0 Å². The van der Waals surface area contributed by atoms with Crippen LogP contribution >= 0.6 is 0 Å². The van der Waals surface area contributed by atoms with Gasteiger partial charge in [-0.15, -0.1) is 0 Å². The summed E-state index contributed by atoms with van der Waals surface area (Å²) in [6, 6.07) is 20.1. The minimum atomic E-state index is -0.239. The second kappa shape index (κ2) is 9.71. The molecule has 0 spiro atoms. The van der Waals surface area contributed by atoms with Gasteiger partial charge < -0.3 is 18.9 Å². The number of fused-ring (bicyclic) bond motifs is 2. The molecular formula is C29H27NO5. The lowest BCUT2D eigenvalue weighted by Crippen LogP contribution is -2.09. The molecule has 0 aromatic heterocycles. The van der Waals surface area contributed by atoms with Gasteiger partial charge in [-0.3, -0.25) is 4.79 Å². The number of hydrogen-bond acceptors (Lipinski definition) is 6. The molecule has 0 fully saturated rings. The van der Waals surface area contributed by atoms with Crippen LogP contribution in [0.5, 0.6) is 17.2 Å². The van der Waals surface area contributed by atoms with Crippen LogP contribution in [0.2, 0.25) is 0 Å². The highest BCUT2D eigenvalue weighted by Gasteiger charge is 2.30. The zero-order valence-corrected chi connectivity index (χ0v) is 19.9. The second-order valence-electron chi connectivity index (χ2n) is 8.93. The number of nitrogens with zero attached hydrogens (tertiary/aromatic N) is 1. The van der Waals surface area contributed by atoms with E-state index in [4.69, 9.17) is 18.9 Å². The van der Waals surface area contributed by atoms with E-state index in [2.05, 4.69) is 6.07 Å². The number of esters is 1. The predicted octanol–water partition coefficient (Wildman–Crippen LogP) is 5.26. The molecule has 0 N–H and O–H groups in total. The Labute approximate surface area is 205 Å². The summed E-state index contributed by atoms with van der Waals surface area (Å²) in [5.74, 6) is 2.08. The molecule has 6 heteroatoms. The molecule has 2 atom stereocenters. The van der Waals surface area contributed by atoms with Gasteiger partial charge in [-0.2, -0.15) is 5.26 Å². The smallest absolute Gasteiger partial charge is 0.306 e. The first-order chi connectivity index (χ1) is 17.1. The summed E-state index contributed by atoms with van der Waals surface area (Å²) in [5, 5.41) is 9.75. The van der Waals surface area contributed by atoms with E-state index in [1.165, 1.54) is 12.7 Å². The van der Waals surface area contributed by atoms with E-state index in [0.717, 1.165) is 52.3 Å². The molecule has 0 bridgehead atoms. The van der Waals surface area contributed by atoms with E-state index in [1.54, 1.807) is 7.11 Å². The van der Waals surface area contributed by atoms with Gasteiger partial charge in [0.2, 0.25) is 0 Å². The second-order valence-corrected chi connectivity index (χ2v) is 8.93. The van der Waals surface area contributed by atoms with E-state index in [1.807, 2.05) is 54.6 Å². The number of benzene rings is 3. The number of rotatable bonds is 7. The largest absolute Gasteiger partial charge is 0.497 e. The summed E-state index contributed by atoms with van der Waals surface area (Å²) in [4.78, 5) is 11.7. The van der Waals surface area contributed by atoms with Gasteiger partial charge in [0, 0.05) is 17.5 Å². The van der Waals surface area contributed by atoms with Crippen LogP contribution in [-0.4, -0.2) is 26.8 Å². The first kappa shape index (κ1) is 22.8. The van der Waals surface area contributed by atoms with Crippen molar-refractivity contribution in [3.8, 4) is 23.3 Å². The number of hydrogen-bond donors (Lipinski definition) is 0. The van der Waals surface area contributed by atoms with Crippen LogP contribution in [0.3, 0.4) is 0 Å². The fourth-order valence-electron chi connectivity index (χ4n) is 5.06. The van der Waals surface area contributed by atoms with E-state index in [9.17, 15) is 10.1 Å². The third kappa shape index (κ3) is 4.54. The molecule has 0 saturated heterocycles. The van der Waals surface area contributed by atoms with Crippen molar-refractivity contribution in [1.29, 1.82) is 5.26 Å². The maximum absolute atomic E-state index is 11.7. The molecule has 0 unspecified atom stereocenters. The minimum absolute atomic E-state index is 0.00335. The Hall–Kier alpha value is -3.98. The molecule has 1 heterocycles. The molecule has 0 amide bonds. The van der Waals surface area contributed by atoms with E-state index >= 15 is 0 Å². The standard InChI is InChI=1S/C29H27NO5/c1-32-21-6-3-18(4-7-21)13-26-19(16-30)5-9-25-24(26)11-12-27(25)35-22-8-10-23-20(14-29(31)33-2)17-34-28(23)15-22/h3-10,15,20,27H,11-14,17H2,1-2H3/t20-,27-/m1/s1. The van der Waals surface area contributed by atoms with Gasteiger partial charge in [-0.05, 0) is 65.8 Å². The van der Waals surface area contributed by atoms with Crippen LogP contribution < -0.4 is 14.2 Å². The molecule has 5 rings (SSSR count). The van der Waals surface area contributed by atoms with Gasteiger partial charge in [0.25, 0.3) is 0 Å². The van der Waals surface area contributed by atoms with Crippen LogP contribution in [0.1, 0.15) is 58.2 Å². The highest BCUT2D eigenvalue weighted by atomic mass is 16.5. The maximum atomic E-state index is 11.7. The molecule has 3 aromatic rings. The summed E-state index contributed by atoms with van der Waals surface area (Å²) in [6.45, 7) is 0.464. The SMILES string of the molecule is COC(=O)C[C@@H]1COc2cc(O[C@@H]3CCc4c3ccc(C#N)c4Cc3ccc(OC)cc3)ccc21. The number of methoxy groups -OCH3 is 2. The van der Waals surface area contributed by atoms with Crippen molar-refractivity contribution in [3.63, 3.8) is 0 Å². The van der Waals surface area contributed by atoms with Crippen LogP contribution in [0.4, 0.5) is 0 Å². The number of carbonyl (C=O) groups excluding carboxylic acids is 1. The Morgan fingerprint density at radius 2 is 1.83 bits per heavy atom. The molecule has 2 aliphatic rings. The van der Waals surface area contributed by atoms with Crippen LogP contribution in [0.15, 0.2) is 54.6 Å². The average Bonchev–Trinajstić information content (AvgIpc) is 3.48. The molecule has 178 valence electrons. The van der Waals surface area contributed by atoms with Gasteiger partial charge in [0.1, 0.15) is 23.4 Å². The summed E-state index contributed by atoms with van der Waals surface area (Å²) in [7, 11) is 3.05. The normalized spacial score (nSPS) is 17.6. The van der Waals surface area contributed by atoms with E-state index in [-0.39, 0.29) is 18.0 Å². The van der Waals surface area contributed by atoms with Crippen molar-refractivity contribution >= 4 is 5.97 Å². The molecule has 1 aliphatic heterocycles. The van der Waals surface area contributed by atoms with Crippen molar-refractivity contribution in [2.24, 2.45) is 0 Å². The van der Waals surface area contributed by atoms with Gasteiger partial charge in [-0.25, -0.2) is 0 Å². The molecular weight excluding hydrogens is 442 g/mol. The third-order valence-electron chi connectivity index (χ3n) is 6.92. The fourth-order valence-corrected chi connectivity index (χ4v) is 5.06. The maximum Gasteiger partial charge on any atom is 0.306 e. The Balaban J connectivity index is 1.36. The first-order valence-corrected chi connectivity index (χ1v) is 11.8. The Morgan fingerprint density at radius 3 is 2.57 bits per heavy atom.